The highest BCUT2D eigenvalue weighted by atomic mass is 35.5. The van der Waals surface area contributed by atoms with E-state index in [4.69, 9.17) is 16.6 Å². The van der Waals surface area contributed by atoms with Crippen molar-refractivity contribution >= 4 is 44.1 Å². The summed E-state index contributed by atoms with van der Waals surface area (Å²) in [7, 11) is -3.46. The van der Waals surface area contributed by atoms with Gasteiger partial charge in [0.2, 0.25) is 5.91 Å². The summed E-state index contributed by atoms with van der Waals surface area (Å²) in [6, 6.07) is 8.80. The van der Waals surface area contributed by atoms with E-state index >= 15 is 0 Å². The lowest BCUT2D eigenvalue weighted by Gasteiger charge is -2.18. The van der Waals surface area contributed by atoms with Crippen molar-refractivity contribution in [1.82, 2.24) is 19.5 Å². The summed E-state index contributed by atoms with van der Waals surface area (Å²) in [6.07, 6.45) is 9.12. The van der Waals surface area contributed by atoms with Crippen LogP contribution >= 0.6 is 11.6 Å². The zero-order valence-corrected chi connectivity index (χ0v) is 19.1. The van der Waals surface area contributed by atoms with Gasteiger partial charge in [-0.15, -0.1) is 0 Å². The van der Waals surface area contributed by atoms with Crippen molar-refractivity contribution in [2.45, 2.75) is 29.7 Å². The molecule has 8 nitrogen and oxygen atoms in total. The summed E-state index contributed by atoms with van der Waals surface area (Å²) < 4.78 is 26.1. The first kappa shape index (κ1) is 20.3. The van der Waals surface area contributed by atoms with E-state index < -0.39 is 15.3 Å². The Hall–Kier alpha value is -3.30. The van der Waals surface area contributed by atoms with E-state index in [9.17, 15) is 13.2 Å². The van der Waals surface area contributed by atoms with Gasteiger partial charge in [0.15, 0.2) is 9.84 Å². The first-order chi connectivity index (χ1) is 15.8. The lowest BCUT2D eigenvalue weighted by molar-refractivity contribution is -0.120. The molecule has 6 rings (SSSR count). The Morgan fingerprint density at radius 1 is 1.09 bits per heavy atom. The van der Waals surface area contributed by atoms with Crippen LogP contribution in [0.4, 0.5) is 5.69 Å². The average Bonchev–Trinajstić information content (AvgIpc) is 3.47. The van der Waals surface area contributed by atoms with Crippen LogP contribution in [0.25, 0.3) is 16.7 Å². The van der Waals surface area contributed by atoms with Crippen molar-refractivity contribution in [3.05, 3.63) is 71.5 Å². The van der Waals surface area contributed by atoms with E-state index in [1.807, 2.05) is 16.7 Å². The maximum absolute atomic E-state index is 13.4. The van der Waals surface area contributed by atoms with Crippen molar-refractivity contribution in [2.24, 2.45) is 0 Å². The molecule has 0 unspecified atom stereocenters. The standard InChI is InChI=1S/C23H18ClN5O3S/c1-33(31,32)16-9-15(10-26-11-16)29-19-3-2-14(24)8-18(19)27-21(29)13-28-20-12-25-7-4-17(20)23(5-6-23)22(28)30/h2-4,7-12H,5-6,13H2,1H3. The van der Waals surface area contributed by atoms with Gasteiger partial charge in [-0.2, -0.15) is 0 Å². The van der Waals surface area contributed by atoms with Crippen LogP contribution in [0.3, 0.4) is 0 Å². The number of nitrogens with zero attached hydrogens (tertiary/aromatic N) is 5. The number of carbonyl (C=O) groups is 1. The second-order valence-electron chi connectivity index (χ2n) is 8.51. The number of carbonyl (C=O) groups excluding carboxylic acids is 1. The molecule has 2 aliphatic rings. The minimum absolute atomic E-state index is 0.0464. The van der Waals surface area contributed by atoms with Crippen LogP contribution in [-0.4, -0.2) is 40.1 Å². The first-order valence-electron chi connectivity index (χ1n) is 10.4. The Kier molecular flexibility index (Phi) is 4.22. The van der Waals surface area contributed by atoms with Crippen molar-refractivity contribution in [3.8, 4) is 5.69 Å². The zero-order valence-electron chi connectivity index (χ0n) is 17.6. The van der Waals surface area contributed by atoms with Gasteiger partial charge >= 0.3 is 0 Å². The SMILES string of the molecule is CS(=O)(=O)c1cncc(-n2c(CN3C(=O)C4(CC4)c4ccncc43)nc3cc(Cl)ccc32)c1. The molecule has 0 saturated heterocycles. The molecule has 4 aromatic rings. The number of halogens is 1. The molecule has 0 N–H and O–H groups in total. The summed E-state index contributed by atoms with van der Waals surface area (Å²) in [4.78, 5) is 28.4. The van der Waals surface area contributed by atoms with E-state index in [-0.39, 0.29) is 17.3 Å². The van der Waals surface area contributed by atoms with Crippen LogP contribution < -0.4 is 4.90 Å². The Balaban J connectivity index is 1.53. The highest BCUT2D eigenvalue weighted by Crippen LogP contribution is 2.57. The van der Waals surface area contributed by atoms with Crippen molar-refractivity contribution in [3.63, 3.8) is 0 Å². The largest absolute Gasteiger partial charge is 0.302 e. The van der Waals surface area contributed by atoms with Crippen LogP contribution in [0.15, 0.2) is 60.0 Å². The van der Waals surface area contributed by atoms with Crippen LogP contribution in [0.1, 0.15) is 24.2 Å². The van der Waals surface area contributed by atoms with Gasteiger partial charge in [0.05, 0.1) is 51.7 Å². The monoisotopic (exact) mass is 479 g/mol. The summed E-state index contributed by atoms with van der Waals surface area (Å²) in [5.41, 5.74) is 3.27. The van der Waals surface area contributed by atoms with Crippen LogP contribution in [0, 0.1) is 0 Å². The minimum atomic E-state index is -3.46. The molecule has 10 heteroatoms. The fraction of sp³-hybridized carbons (Fsp3) is 0.217. The molecule has 1 aliphatic heterocycles. The third-order valence-corrected chi connectivity index (χ3v) is 7.70. The molecule has 1 aromatic carbocycles. The molecular formula is C23H18ClN5O3S. The quantitative estimate of drug-likeness (QED) is 0.444. The first-order valence-corrected chi connectivity index (χ1v) is 12.6. The number of pyridine rings is 2. The van der Waals surface area contributed by atoms with E-state index in [2.05, 4.69) is 9.97 Å². The molecular weight excluding hydrogens is 462 g/mol. The number of fused-ring (bicyclic) bond motifs is 3. The molecule has 0 atom stereocenters. The molecule has 4 heterocycles. The molecule has 0 bridgehead atoms. The molecule has 33 heavy (non-hydrogen) atoms. The molecule has 0 radical (unpaired) electrons. The van der Waals surface area contributed by atoms with Gasteiger partial charge in [-0.3, -0.25) is 19.3 Å². The second-order valence-corrected chi connectivity index (χ2v) is 11.0. The van der Waals surface area contributed by atoms with Crippen molar-refractivity contribution < 1.29 is 13.2 Å². The number of sulfone groups is 1. The lowest BCUT2D eigenvalue weighted by Crippen LogP contribution is -2.32. The third-order valence-electron chi connectivity index (χ3n) is 6.38. The maximum atomic E-state index is 13.4. The predicted molar refractivity (Wildman–Crippen MR) is 123 cm³/mol. The number of aromatic nitrogens is 4. The van der Waals surface area contributed by atoms with Gasteiger partial charge in [0.1, 0.15) is 5.82 Å². The van der Waals surface area contributed by atoms with Crippen LogP contribution in [0.2, 0.25) is 5.02 Å². The lowest BCUT2D eigenvalue weighted by atomic mass is 9.99. The number of anilines is 1. The molecule has 1 amide bonds. The second kappa shape index (κ2) is 6.85. The Labute approximate surface area is 194 Å². The average molecular weight is 480 g/mol. The van der Waals surface area contributed by atoms with E-state index in [1.54, 1.807) is 41.7 Å². The van der Waals surface area contributed by atoms with Crippen molar-refractivity contribution in [1.29, 1.82) is 0 Å². The van der Waals surface area contributed by atoms with Gasteiger partial charge in [0, 0.05) is 23.7 Å². The zero-order chi connectivity index (χ0) is 23.0. The maximum Gasteiger partial charge on any atom is 0.238 e. The molecule has 3 aromatic heterocycles. The molecule has 1 fully saturated rings. The Morgan fingerprint density at radius 3 is 2.67 bits per heavy atom. The van der Waals surface area contributed by atoms with Gasteiger partial charge in [-0.1, -0.05) is 11.6 Å². The number of hydrogen-bond donors (Lipinski definition) is 0. The van der Waals surface area contributed by atoms with Crippen molar-refractivity contribution in [2.75, 3.05) is 11.2 Å². The fourth-order valence-electron chi connectivity index (χ4n) is 4.63. The summed E-state index contributed by atoms with van der Waals surface area (Å²) in [5.74, 6) is 0.616. The normalized spacial score (nSPS) is 16.5. The highest BCUT2D eigenvalue weighted by molar-refractivity contribution is 7.90. The smallest absolute Gasteiger partial charge is 0.238 e. The molecule has 166 valence electrons. The number of hydrogen-bond acceptors (Lipinski definition) is 6. The fourth-order valence-corrected chi connectivity index (χ4v) is 5.38. The number of benzene rings is 1. The summed E-state index contributed by atoms with van der Waals surface area (Å²) in [6.45, 7) is 0.203. The molecule has 1 saturated carbocycles. The molecule has 1 spiro atoms. The van der Waals surface area contributed by atoms with E-state index in [1.165, 1.54) is 6.20 Å². The number of amides is 1. The molecule has 1 aliphatic carbocycles. The Bertz CT molecular complexity index is 1580. The van der Waals surface area contributed by atoms with Crippen LogP contribution in [-0.2, 0) is 26.6 Å². The third kappa shape index (κ3) is 3.07. The van der Waals surface area contributed by atoms with Gasteiger partial charge in [0.25, 0.3) is 0 Å². The predicted octanol–water partition coefficient (Wildman–Crippen LogP) is 3.45. The summed E-state index contributed by atoms with van der Waals surface area (Å²) in [5, 5.41) is 0.533. The van der Waals surface area contributed by atoms with Gasteiger partial charge in [-0.25, -0.2) is 13.4 Å². The topological polar surface area (TPSA) is 98.1 Å². The number of imidazole rings is 1. The summed E-state index contributed by atoms with van der Waals surface area (Å²) >= 11 is 6.20. The van der Waals surface area contributed by atoms with Gasteiger partial charge < -0.3 is 4.90 Å². The van der Waals surface area contributed by atoms with E-state index in [0.29, 0.717) is 22.1 Å². The van der Waals surface area contributed by atoms with E-state index in [0.717, 1.165) is 35.9 Å². The highest BCUT2D eigenvalue weighted by Gasteiger charge is 2.59. The van der Waals surface area contributed by atoms with Crippen LogP contribution in [0.5, 0.6) is 0 Å². The Morgan fingerprint density at radius 2 is 1.91 bits per heavy atom. The number of rotatable bonds is 4. The van der Waals surface area contributed by atoms with Gasteiger partial charge in [-0.05, 0) is 48.7 Å². The minimum Gasteiger partial charge on any atom is -0.302 e.